The Hall–Kier alpha value is -6.78. The second kappa shape index (κ2) is 17.3. The Balaban J connectivity index is 0.852. The number of benzene rings is 2. The number of piperidine rings is 1. The maximum atomic E-state index is 14.1. The maximum absolute atomic E-state index is 14.1. The van der Waals surface area contributed by atoms with Crippen molar-refractivity contribution in [3.8, 4) is 11.3 Å². The molecule has 1 aliphatic carbocycles. The minimum absolute atomic E-state index is 0.0374. The molecule has 5 aliphatic rings. The van der Waals surface area contributed by atoms with E-state index >= 15 is 0 Å². The Morgan fingerprint density at radius 1 is 0.957 bits per heavy atom. The quantitative estimate of drug-likeness (QED) is 0.111. The van der Waals surface area contributed by atoms with E-state index in [-0.39, 0.29) is 40.6 Å². The Kier molecular flexibility index (Phi) is 11.5. The van der Waals surface area contributed by atoms with E-state index in [1.54, 1.807) is 30.4 Å². The van der Waals surface area contributed by atoms with Crippen LogP contribution in [0.15, 0.2) is 78.4 Å². The third-order valence-electron chi connectivity index (χ3n) is 15.3. The van der Waals surface area contributed by atoms with Gasteiger partial charge in [-0.15, -0.1) is 0 Å². The molecule has 1 unspecified atom stereocenters. The van der Waals surface area contributed by atoms with Gasteiger partial charge in [-0.1, -0.05) is 26.5 Å². The number of nitrogens with zero attached hydrogens (tertiary/aromatic N) is 8. The number of carbonyl (C=O) groups excluding carboxylic acids is 3. The molecule has 0 spiro atoms. The van der Waals surface area contributed by atoms with Crippen molar-refractivity contribution in [1.82, 2.24) is 24.0 Å². The summed E-state index contributed by atoms with van der Waals surface area (Å²) in [6, 6.07) is 16.7. The number of aryl methyl sites for hydroxylation is 1. The van der Waals surface area contributed by atoms with Crippen LogP contribution in [0, 0.1) is 5.41 Å². The van der Waals surface area contributed by atoms with E-state index in [2.05, 4.69) is 92.7 Å². The summed E-state index contributed by atoms with van der Waals surface area (Å²) in [5, 5.41) is 20.2. The van der Waals surface area contributed by atoms with E-state index in [1.807, 2.05) is 38.1 Å². The van der Waals surface area contributed by atoms with Gasteiger partial charge in [0.15, 0.2) is 5.82 Å². The van der Waals surface area contributed by atoms with E-state index in [9.17, 15) is 24.3 Å². The van der Waals surface area contributed by atoms with Gasteiger partial charge in [0, 0.05) is 111 Å². The molecular weight excluding hydrogens is 871 g/mol. The predicted molar refractivity (Wildman–Crippen MR) is 271 cm³/mol. The number of amides is 3. The summed E-state index contributed by atoms with van der Waals surface area (Å²) < 4.78 is 3.58. The monoisotopic (exact) mass is 934 g/mol. The smallest absolute Gasteiger partial charge is 0.293 e. The van der Waals surface area contributed by atoms with Gasteiger partial charge in [0.1, 0.15) is 11.5 Å². The Morgan fingerprint density at radius 2 is 1.77 bits per heavy atom. The number of pyridine rings is 1. The number of aliphatic hydroxyl groups excluding tert-OH is 1. The van der Waals surface area contributed by atoms with Crippen molar-refractivity contribution in [3.05, 3.63) is 112 Å². The molecule has 0 saturated carbocycles. The van der Waals surface area contributed by atoms with Gasteiger partial charge in [0.05, 0.1) is 29.1 Å². The molecule has 4 N–H and O–H groups in total. The number of anilines is 7. The summed E-state index contributed by atoms with van der Waals surface area (Å²) in [7, 11) is 1.64. The molecule has 10 rings (SSSR count). The average molecular weight is 934 g/mol. The van der Waals surface area contributed by atoms with Gasteiger partial charge >= 0.3 is 0 Å². The van der Waals surface area contributed by atoms with Crippen molar-refractivity contribution in [2.75, 3.05) is 63.4 Å². The second-order valence-electron chi connectivity index (χ2n) is 21.0. The summed E-state index contributed by atoms with van der Waals surface area (Å²) in [5.41, 5.74) is 8.78. The Morgan fingerprint density at radius 3 is 2.52 bits per heavy atom. The molecule has 3 aromatic heterocycles. The number of fused-ring (bicyclic) bond motifs is 4. The largest absolute Gasteiger partial charge is 0.392 e. The summed E-state index contributed by atoms with van der Waals surface area (Å²) in [6.07, 6.45) is 8.35. The zero-order chi connectivity index (χ0) is 48.7. The zero-order valence-corrected chi connectivity index (χ0v) is 40.7. The second-order valence-corrected chi connectivity index (χ2v) is 21.0. The van der Waals surface area contributed by atoms with Gasteiger partial charge in [0.25, 0.3) is 11.5 Å². The fourth-order valence-corrected chi connectivity index (χ4v) is 11.6. The average Bonchev–Trinajstić information content (AvgIpc) is 3.90. The third kappa shape index (κ3) is 8.16. The van der Waals surface area contributed by atoms with Crippen LogP contribution < -0.4 is 36.2 Å². The first-order valence-corrected chi connectivity index (χ1v) is 24.2. The summed E-state index contributed by atoms with van der Waals surface area (Å²) in [6.45, 7) is 20.6. The van der Waals surface area contributed by atoms with Crippen LogP contribution >= 0.6 is 0 Å². The lowest BCUT2D eigenvalue weighted by molar-refractivity contribution is -0.119. The molecule has 2 aromatic carbocycles. The molecule has 3 atom stereocenters. The number of hydrogen-bond donors (Lipinski definition) is 4. The van der Waals surface area contributed by atoms with Crippen molar-refractivity contribution >= 4 is 57.8 Å². The summed E-state index contributed by atoms with van der Waals surface area (Å²) in [4.78, 5) is 71.7. The van der Waals surface area contributed by atoms with Gasteiger partial charge in [-0.05, 0) is 118 Å². The lowest BCUT2D eigenvalue weighted by Crippen LogP contribution is -2.58. The Labute approximate surface area is 403 Å². The van der Waals surface area contributed by atoms with Gasteiger partial charge in [-0.2, -0.15) is 0 Å². The highest BCUT2D eigenvalue weighted by Gasteiger charge is 2.41. The van der Waals surface area contributed by atoms with E-state index in [0.717, 1.165) is 74.5 Å². The minimum Gasteiger partial charge on any atom is -0.392 e. The molecular formula is C53H63N11O5. The number of nitrogens with one attached hydrogen (secondary N) is 3. The van der Waals surface area contributed by atoms with Gasteiger partial charge in [-0.25, -0.2) is 9.97 Å². The molecule has 360 valence electrons. The molecule has 16 heteroatoms. The fraction of sp³-hybridized carbons (Fsp3) is 0.434. The first-order valence-electron chi connectivity index (χ1n) is 24.2. The predicted octanol–water partition coefficient (Wildman–Crippen LogP) is 6.59. The minimum atomic E-state index is -0.529. The van der Waals surface area contributed by atoms with Gasteiger partial charge in [0.2, 0.25) is 11.8 Å². The van der Waals surface area contributed by atoms with E-state index < -0.39 is 12.0 Å². The van der Waals surface area contributed by atoms with Crippen molar-refractivity contribution < 1.29 is 19.5 Å². The summed E-state index contributed by atoms with van der Waals surface area (Å²) in [5.74, 6) is -0.0765. The summed E-state index contributed by atoms with van der Waals surface area (Å²) >= 11 is 0. The number of rotatable bonds is 10. The first-order chi connectivity index (χ1) is 32.9. The standard InChI is InChI=1S/C53H63N11O5/c1-9-46(66)56-41-24-34(10-13-43(41)62-19-18-60(28-32(62)3)35-15-17-61(31(2)22-35)36-11-12-39-40(25-36)58-51(69)53(39,6)7)55-47-50(68)59(8)29-42(57-47)37-14-16-54-48(38(37)30-65)64-21-20-63-44(49(64)67)23-33-26-52(4,5)27-45(33)63/h9-14,16,23-25,29,31-32,35,65H,1,15,17-22,26-28,30H2,2-8H3,(H,55,57)(H,56,66)(H,58,69)/t31-,32+,35?/m1/s1. The number of hydrogen-bond acceptors (Lipinski definition) is 11. The highest BCUT2D eigenvalue weighted by molar-refractivity contribution is 6.07. The maximum Gasteiger partial charge on any atom is 0.293 e. The van der Waals surface area contributed by atoms with Gasteiger partial charge < -0.3 is 40.0 Å². The number of aromatic nitrogens is 4. The van der Waals surface area contributed by atoms with E-state index in [1.165, 1.54) is 21.9 Å². The molecule has 2 fully saturated rings. The van der Waals surface area contributed by atoms with E-state index in [4.69, 9.17) is 4.98 Å². The number of piperazine rings is 1. The molecule has 0 bridgehead atoms. The third-order valence-corrected chi connectivity index (χ3v) is 15.3. The highest BCUT2D eigenvalue weighted by Crippen LogP contribution is 2.42. The van der Waals surface area contributed by atoms with Crippen molar-refractivity contribution in [2.45, 2.75) is 104 Å². The van der Waals surface area contributed by atoms with Crippen molar-refractivity contribution in [3.63, 3.8) is 0 Å². The van der Waals surface area contributed by atoms with Crippen LogP contribution in [-0.2, 0) is 48.0 Å². The van der Waals surface area contributed by atoms with Crippen LogP contribution in [0.2, 0.25) is 0 Å². The molecule has 5 aromatic rings. The fourth-order valence-electron chi connectivity index (χ4n) is 11.6. The van der Waals surface area contributed by atoms with Crippen molar-refractivity contribution in [2.24, 2.45) is 12.5 Å². The number of aliphatic hydroxyl groups is 1. The molecule has 2 saturated heterocycles. The number of carbonyl (C=O) groups is 3. The lowest BCUT2D eigenvalue weighted by atomic mass is 9.86. The normalized spacial score (nSPS) is 21.7. The van der Waals surface area contributed by atoms with Crippen LogP contribution in [0.5, 0.6) is 0 Å². The van der Waals surface area contributed by atoms with Crippen LogP contribution in [0.3, 0.4) is 0 Å². The van der Waals surface area contributed by atoms with Crippen LogP contribution in [-0.4, -0.2) is 97.7 Å². The molecule has 4 aliphatic heterocycles. The topological polar surface area (TPSA) is 173 Å². The molecule has 3 amide bonds. The zero-order valence-electron chi connectivity index (χ0n) is 40.7. The van der Waals surface area contributed by atoms with Crippen LogP contribution in [0.4, 0.5) is 40.1 Å². The lowest BCUT2D eigenvalue weighted by Gasteiger charge is -2.48. The highest BCUT2D eigenvalue weighted by atomic mass is 16.3. The van der Waals surface area contributed by atoms with Gasteiger partial charge in [-0.3, -0.25) is 29.0 Å². The van der Waals surface area contributed by atoms with E-state index in [0.29, 0.717) is 64.9 Å². The van der Waals surface area contributed by atoms with Crippen molar-refractivity contribution in [1.29, 1.82) is 0 Å². The van der Waals surface area contributed by atoms with Crippen LogP contribution in [0.25, 0.3) is 11.3 Å². The Bertz CT molecular complexity index is 2990. The molecule has 69 heavy (non-hydrogen) atoms. The molecule has 7 heterocycles. The first kappa shape index (κ1) is 46.0. The molecule has 0 radical (unpaired) electrons. The van der Waals surface area contributed by atoms with Crippen LogP contribution in [0.1, 0.15) is 87.3 Å². The SMILES string of the molecule is C=CC(=O)Nc1cc(Nc2nc(-c3ccnc(N4CCn5c(cc6c5CC(C)(C)C6)C4=O)c3CO)cn(C)c2=O)ccc1N1CCN(C2CCN(c3ccc4c(c3)NC(=O)C4(C)C)[C@H](C)C2)C[C@@H]1C. The molecule has 16 nitrogen and oxygen atoms in total.